The highest BCUT2D eigenvalue weighted by atomic mass is 15.1. The third kappa shape index (κ3) is 2.41. The van der Waals surface area contributed by atoms with Crippen LogP contribution in [0.5, 0.6) is 0 Å². The van der Waals surface area contributed by atoms with E-state index >= 15 is 0 Å². The second-order valence-corrected chi connectivity index (χ2v) is 6.77. The molecule has 0 saturated heterocycles. The number of anilines is 1. The van der Waals surface area contributed by atoms with E-state index < -0.39 is 0 Å². The lowest BCUT2D eigenvalue weighted by atomic mass is 9.93. The lowest BCUT2D eigenvalue weighted by molar-refractivity contribution is 0.867. The average Bonchev–Trinajstić information content (AvgIpc) is 3.07. The molecule has 0 bridgehead atoms. The minimum absolute atomic E-state index is 0.291. The fraction of sp³-hybridized carbons (Fsp3) is 0.136. The molecule has 5 heteroatoms. The molecule has 0 atom stereocenters. The molecule has 2 N–H and O–H groups in total. The van der Waals surface area contributed by atoms with Crippen molar-refractivity contribution in [1.82, 2.24) is 9.38 Å². The Morgan fingerprint density at radius 2 is 1.63 bits per heavy atom. The molecular formula is C22H17N5. The Kier molecular flexibility index (Phi) is 3.79. The summed E-state index contributed by atoms with van der Waals surface area (Å²) >= 11 is 0. The SMILES string of the molecule is CC(C)c1ccc(-c2c(C#N)c(N)n3c(nc4ccccc43)c2C#N)cc1. The van der Waals surface area contributed by atoms with Gasteiger partial charge in [-0.25, -0.2) is 4.98 Å². The van der Waals surface area contributed by atoms with Crippen LogP contribution in [0.25, 0.3) is 27.8 Å². The number of hydrogen-bond donors (Lipinski definition) is 1. The van der Waals surface area contributed by atoms with Gasteiger partial charge in [0, 0.05) is 5.56 Å². The van der Waals surface area contributed by atoms with Crippen molar-refractivity contribution in [2.75, 3.05) is 5.73 Å². The van der Waals surface area contributed by atoms with Gasteiger partial charge in [0.25, 0.3) is 0 Å². The molecular weight excluding hydrogens is 334 g/mol. The molecule has 0 aliphatic heterocycles. The highest BCUT2D eigenvalue weighted by Crippen LogP contribution is 2.36. The number of hydrogen-bond acceptors (Lipinski definition) is 4. The van der Waals surface area contributed by atoms with Gasteiger partial charge < -0.3 is 5.73 Å². The van der Waals surface area contributed by atoms with Crippen LogP contribution in [0.4, 0.5) is 5.82 Å². The van der Waals surface area contributed by atoms with E-state index in [4.69, 9.17) is 5.73 Å². The van der Waals surface area contributed by atoms with Gasteiger partial charge in [-0.2, -0.15) is 10.5 Å². The number of nitrogens with zero attached hydrogens (tertiary/aromatic N) is 4. The average molecular weight is 351 g/mol. The molecule has 2 aromatic carbocycles. The predicted octanol–water partition coefficient (Wildman–Crippen LogP) is 4.60. The van der Waals surface area contributed by atoms with Crippen molar-refractivity contribution >= 4 is 22.5 Å². The lowest BCUT2D eigenvalue weighted by Crippen LogP contribution is -2.05. The van der Waals surface area contributed by atoms with Crippen LogP contribution in [0.15, 0.2) is 48.5 Å². The largest absolute Gasteiger partial charge is 0.384 e. The molecule has 5 nitrogen and oxygen atoms in total. The third-order valence-electron chi connectivity index (χ3n) is 4.87. The first-order valence-electron chi connectivity index (χ1n) is 8.70. The first-order chi connectivity index (χ1) is 13.1. The molecule has 0 saturated carbocycles. The highest BCUT2D eigenvalue weighted by Gasteiger charge is 2.22. The van der Waals surface area contributed by atoms with Gasteiger partial charge >= 0.3 is 0 Å². The molecule has 4 rings (SSSR count). The van der Waals surface area contributed by atoms with E-state index in [9.17, 15) is 10.5 Å². The zero-order valence-electron chi connectivity index (χ0n) is 15.1. The molecule has 0 radical (unpaired) electrons. The molecule has 0 unspecified atom stereocenters. The van der Waals surface area contributed by atoms with Crippen molar-refractivity contribution in [2.45, 2.75) is 19.8 Å². The maximum Gasteiger partial charge on any atom is 0.158 e. The summed E-state index contributed by atoms with van der Waals surface area (Å²) in [6.07, 6.45) is 0. The summed E-state index contributed by atoms with van der Waals surface area (Å²) in [6.45, 7) is 4.24. The van der Waals surface area contributed by atoms with Crippen LogP contribution in [0, 0.1) is 22.7 Å². The molecule has 0 spiro atoms. The zero-order chi connectivity index (χ0) is 19.1. The number of nitrogens with two attached hydrogens (primary N) is 1. The normalized spacial score (nSPS) is 11.0. The van der Waals surface area contributed by atoms with Crippen molar-refractivity contribution in [2.24, 2.45) is 0 Å². The first-order valence-corrected chi connectivity index (χ1v) is 8.70. The van der Waals surface area contributed by atoms with Crippen molar-refractivity contribution in [3.05, 3.63) is 65.2 Å². The highest BCUT2D eigenvalue weighted by molar-refractivity contribution is 5.92. The van der Waals surface area contributed by atoms with Crippen molar-refractivity contribution in [1.29, 1.82) is 10.5 Å². The van der Waals surface area contributed by atoms with Gasteiger partial charge in [-0.3, -0.25) is 4.40 Å². The van der Waals surface area contributed by atoms with E-state index in [0.717, 1.165) is 16.6 Å². The van der Waals surface area contributed by atoms with Crippen LogP contribution < -0.4 is 5.73 Å². The summed E-state index contributed by atoms with van der Waals surface area (Å²) in [5.74, 6) is 0.693. The van der Waals surface area contributed by atoms with Gasteiger partial charge in [0.15, 0.2) is 5.65 Å². The number of fused-ring (bicyclic) bond motifs is 3. The van der Waals surface area contributed by atoms with E-state index in [2.05, 4.69) is 31.0 Å². The summed E-state index contributed by atoms with van der Waals surface area (Å²) in [4.78, 5) is 4.61. The van der Waals surface area contributed by atoms with Gasteiger partial charge in [-0.15, -0.1) is 0 Å². The molecule has 0 amide bonds. The van der Waals surface area contributed by atoms with Crippen LogP contribution in [0.3, 0.4) is 0 Å². The maximum absolute atomic E-state index is 9.90. The number of nitriles is 2. The summed E-state index contributed by atoms with van der Waals surface area (Å²) in [5.41, 5.74) is 11.5. The van der Waals surface area contributed by atoms with Crippen molar-refractivity contribution in [3.63, 3.8) is 0 Å². The molecule has 27 heavy (non-hydrogen) atoms. The number of imidazole rings is 1. The topological polar surface area (TPSA) is 90.9 Å². The van der Waals surface area contributed by atoms with Crippen LogP contribution in [-0.2, 0) is 0 Å². The van der Waals surface area contributed by atoms with Crippen LogP contribution in [0.1, 0.15) is 36.5 Å². The van der Waals surface area contributed by atoms with Gasteiger partial charge in [0.2, 0.25) is 0 Å². The summed E-state index contributed by atoms with van der Waals surface area (Å²) in [7, 11) is 0. The minimum Gasteiger partial charge on any atom is -0.384 e. The third-order valence-corrected chi connectivity index (χ3v) is 4.87. The van der Waals surface area contributed by atoms with Gasteiger partial charge in [-0.1, -0.05) is 50.2 Å². The number of aromatic nitrogens is 2. The number of benzene rings is 2. The monoisotopic (exact) mass is 351 g/mol. The van der Waals surface area contributed by atoms with Crippen molar-refractivity contribution < 1.29 is 0 Å². The van der Waals surface area contributed by atoms with E-state index in [-0.39, 0.29) is 0 Å². The van der Waals surface area contributed by atoms with E-state index in [0.29, 0.717) is 34.1 Å². The fourth-order valence-corrected chi connectivity index (χ4v) is 3.46. The van der Waals surface area contributed by atoms with E-state index in [1.807, 2.05) is 48.5 Å². The van der Waals surface area contributed by atoms with Crippen LogP contribution >= 0.6 is 0 Å². The standard InChI is InChI=1S/C22H17N5/c1-13(2)14-7-9-15(10-8-14)20-16(11-23)21(25)27-19-6-4-3-5-18(19)26-22(27)17(20)12-24/h3-10,13H,25H2,1-2H3. The number of pyridine rings is 1. The Bertz CT molecular complexity index is 1270. The van der Waals surface area contributed by atoms with Crippen molar-refractivity contribution in [3.8, 4) is 23.3 Å². The molecule has 2 aromatic heterocycles. The Balaban J connectivity index is 2.13. The summed E-state index contributed by atoms with van der Waals surface area (Å²) in [5, 5.41) is 19.7. The van der Waals surface area contributed by atoms with Crippen LogP contribution in [-0.4, -0.2) is 9.38 Å². The minimum atomic E-state index is 0.291. The number of nitrogen functional groups attached to an aromatic ring is 1. The van der Waals surface area contributed by atoms with E-state index in [1.165, 1.54) is 5.56 Å². The van der Waals surface area contributed by atoms with Gasteiger partial charge in [0.1, 0.15) is 29.1 Å². The first kappa shape index (κ1) is 16.6. The number of rotatable bonds is 2. The second-order valence-electron chi connectivity index (χ2n) is 6.77. The summed E-state index contributed by atoms with van der Waals surface area (Å²) < 4.78 is 1.69. The molecule has 0 aliphatic carbocycles. The van der Waals surface area contributed by atoms with Crippen LogP contribution in [0.2, 0.25) is 0 Å². The second kappa shape index (κ2) is 6.16. The molecule has 130 valence electrons. The molecule has 4 aromatic rings. The Morgan fingerprint density at radius 1 is 0.963 bits per heavy atom. The molecule has 0 fully saturated rings. The molecule has 0 aliphatic rings. The summed E-state index contributed by atoms with van der Waals surface area (Å²) in [6, 6.07) is 19.9. The zero-order valence-corrected chi connectivity index (χ0v) is 15.1. The predicted molar refractivity (Wildman–Crippen MR) is 106 cm³/mol. The Hall–Kier alpha value is -3.83. The Morgan fingerprint density at radius 3 is 2.26 bits per heavy atom. The smallest absolute Gasteiger partial charge is 0.158 e. The Labute approximate surface area is 156 Å². The lowest BCUT2D eigenvalue weighted by Gasteiger charge is -2.13. The number of para-hydroxylation sites is 2. The fourth-order valence-electron chi connectivity index (χ4n) is 3.46. The molecule has 2 heterocycles. The van der Waals surface area contributed by atoms with E-state index in [1.54, 1.807) is 4.40 Å². The van der Waals surface area contributed by atoms with Gasteiger partial charge in [-0.05, 0) is 29.2 Å². The quantitative estimate of drug-likeness (QED) is 0.571. The van der Waals surface area contributed by atoms with Gasteiger partial charge in [0.05, 0.1) is 11.0 Å². The maximum atomic E-state index is 9.90.